The van der Waals surface area contributed by atoms with Gasteiger partial charge in [0.05, 0.1) is 0 Å². The Morgan fingerprint density at radius 2 is 2.16 bits per heavy atom. The van der Waals surface area contributed by atoms with Gasteiger partial charge in [-0.05, 0) is 44.2 Å². The van der Waals surface area contributed by atoms with Gasteiger partial charge in [0.1, 0.15) is 0 Å². The van der Waals surface area contributed by atoms with Gasteiger partial charge in [-0.25, -0.2) is 4.79 Å². The molecule has 1 heterocycles. The molecule has 0 unspecified atom stereocenters. The highest BCUT2D eigenvalue weighted by atomic mass is 16.5. The molecule has 2 N–H and O–H groups in total. The zero-order valence-electron chi connectivity index (χ0n) is 11.4. The molecule has 1 atom stereocenters. The number of carbonyl (C=O) groups excluding carboxylic acids is 1. The first-order valence-electron chi connectivity index (χ1n) is 6.93. The molecule has 1 aliphatic heterocycles. The van der Waals surface area contributed by atoms with E-state index in [1.807, 2.05) is 31.2 Å². The number of aryl methyl sites for hydroxylation is 1. The van der Waals surface area contributed by atoms with Crippen molar-refractivity contribution in [2.75, 3.05) is 25.1 Å². The predicted octanol–water partition coefficient (Wildman–Crippen LogP) is 2.93. The lowest BCUT2D eigenvalue weighted by atomic mass is 10.0. The first kappa shape index (κ1) is 13.9. The second-order valence-corrected chi connectivity index (χ2v) is 5.12. The van der Waals surface area contributed by atoms with Gasteiger partial charge in [-0.2, -0.15) is 0 Å². The Labute approximate surface area is 114 Å². The van der Waals surface area contributed by atoms with Crippen LogP contribution in [-0.2, 0) is 4.74 Å². The van der Waals surface area contributed by atoms with E-state index in [2.05, 4.69) is 10.6 Å². The SMILES string of the molecule is Cc1ccc(NC(=O)NCCC[C@@H]2CCOC2)cc1. The van der Waals surface area contributed by atoms with Gasteiger partial charge in [-0.3, -0.25) is 0 Å². The molecule has 4 nitrogen and oxygen atoms in total. The van der Waals surface area contributed by atoms with Crippen LogP contribution in [0.1, 0.15) is 24.8 Å². The van der Waals surface area contributed by atoms with E-state index in [4.69, 9.17) is 4.74 Å². The van der Waals surface area contributed by atoms with E-state index >= 15 is 0 Å². The van der Waals surface area contributed by atoms with Gasteiger partial charge in [0.25, 0.3) is 0 Å². The Morgan fingerprint density at radius 1 is 1.37 bits per heavy atom. The summed E-state index contributed by atoms with van der Waals surface area (Å²) in [7, 11) is 0. The molecule has 1 aliphatic rings. The van der Waals surface area contributed by atoms with Gasteiger partial charge in [-0.15, -0.1) is 0 Å². The largest absolute Gasteiger partial charge is 0.381 e. The molecule has 0 spiro atoms. The van der Waals surface area contributed by atoms with Gasteiger partial charge in [0.2, 0.25) is 0 Å². The van der Waals surface area contributed by atoms with Gasteiger partial charge in [0, 0.05) is 25.4 Å². The van der Waals surface area contributed by atoms with Crippen LogP contribution < -0.4 is 10.6 Å². The lowest BCUT2D eigenvalue weighted by Crippen LogP contribution is -2.29. The Bertz CT molecular complexity index is 397. The molecular weight excluding hydrogens is 240 g/mol. The van der Waals surface area contributed by atoms with Crippen LogP contribution in [0, 0.1) is 12.8 Å². The summed E-state index contributed by atoms with van der Waals surface area (Å²) in [6.45, 7) is 4.52. The number of rotatable bonds is 5. The number of hydrogen-bond donors (Lipinski definition) is 2. The van der Waals surface area contributed by atoms with Crippen LogP contribution in [0.2, 0.25) is 0 Å². The monoisotopic (exact) mass is 262 g/mol. The zero-order chi connectivity index (χ0) is 13.5. The second kappa shape index (κ2) is 7.14. The highest BCUT2D eigenvalue weighted by Crippen LogP contribution is 2.17. The number of anilines is 1. The maximum Gasteiger partial charge on any atom is 0.319 e. The van der Waals surface area contributed by atoms with Crippen molar-refractivity contribution in [3.05, 3.63) is 29.8 Å². The van der Waals surface area contributed by atoms with Crippen molar-refractivity contribution in [2.45, 2.75) is 26.2 Å². The number of hydrogen-bond acceptors (Lipinski definition) is 2. The van der Waals surface area contributed by atoms with Crippen molar-refractivity contribution in [1.82, 2.24) is 5.32 Å². The molecule has 0 aliphatic carbocycles. The number of benzene rings is 1. The normalized spacial score (nSPS) is 18.3. The van der Waals surface area contributed by atoms with Gasteiger partial charge in [0.15, 0.2) is 0 Å². The first-order valence-corrected chi connectivity index (χ1v) is 6.93. The Kier molecular flexibility index (Phi) is 5.21. The minimum absolute atomic E-state index is 0.133. The summed E-state index contributed by atoms with van der Waals surface area (Å²) in [5, 5.41) is 5.70. The summed E-state index contributed by atoms with van der Waals surface area (Å²) in [5.74, 6) is 0.682. The molecule has 0 radical (unpaired) electrons. The summed E-state index contributed by atoms with van der Waals surface area (Å²) in [5.41, 5.74) is 2.01. The van der Waals surface area contributed by atoms with E-state index in [1.54, 1.807) is 0 Å². The van der Waals surface area contributed by atoms with E-state index in [9.17, 15) is 4.79 Å². The third kappa shape index (κ3) is 4.91. The summed E-state index contributed by atoms with van der Waals surface area (Å²) >= 11 is 0. The molecule has 0 bridgehead atoms. The van der Waals surface area contributed by atoms with Crippen LogP contribution >= 0.6 is 0 Å². The Morgan fingerprint density at radius 3 is 2.84 bits per heavy atom. The van der Waals surface area contributed by atoms with Crippen LogP contribution in [0.5, 0.6) is 0 Å². The first-order chi connectivity index (χ1) is 9.24. The molecule has 1 fully saturated rings. The van der Waals surface area contributed by atoms with E-state index in [0.717, 1.165) is 38.2 Å². The van der Waals surface area contributed by atoms with Crippen molar-refractivity contribution < 1.29 is 9.53 Å². The lowest BCUT2D eigenvalue weighted by Gasteiger charge is -2.09. The minimum Gasteiger partial charge on any atom is -0.381 e. The van der Waals surface area contributed by atoms with Crippen LogP contribution in [0.3, 0.4) is 0 Å². The lowest BCUT2D eigenvalue weighted by molar-refractivity contribution is 0.184. The van der Waals surface area contributed by atoms with Crippen molar-refractivity contribution in [2.24, 2.45) is 5.92 Å². The second-order valence-electron chi connectivity index (χ2n) is 5.12. The molecular formula is C15H22N2O2. The van der Waals surface area contributed by atoms with Crippen molar-refractivity contribution in [3.63, 3.8) is 0 Å². The maximum atomic E-state index is 11.6. The van der Waals surface area contributed by atoms with Gasteiger partial charge in [-0.1, -0.05) is 17.7 Å². The summed E-state index contributed by atoms with van der Waals surface area (Å²) in [4.78, 5) is 11.6. The van der Waals surface area contributed by atoms with Gasteiger partial charge < -0.3 is 15.4 Å². The number of ether oxygens (including phenoxy) is 1. The smallest absolute Gasteiger partial charge is 0.319 e. The van der Waals surface area contributed by atoms with Crippen molar-refractivity contribution >= 4 is 11.7 Å². The fourth-order valence-electron chi connectivity index (χ4n) is 2.22. The highest BCUT2D eigenvalue weighted by molar-refractivity contribution is 5.89. The standard InChI is InChI=1S/C15H22N2O2/c1-12-4-6-14(7-5-12)17-15(18)16-9-2-3-13-8-10-19-11-13/h4-7,13H,2-3,8-11H2,1H3,(H2,16,17,18)/t13-/m1/s1. The minimum atomic E-state index is -0.133. The Balaban J connectivity index is 1.60. The molecule has 0 aromatic heterocycles. The zero-order valence-corrected chi connectivity index (χ0v) is 11.4. The fraction of sp³-hybridized carbons (Fsp3) is 0.533. The quantitative estimate of drug-likeness (QED) is 0.802. The fourth-order valence-corrected chi connectivity index (χ4v) is 2.22. The highest BCUT2D eigenvalue weighted by Gasteiger charge is 2.14. The number of amides is 2. The summed E-state index contributed by atoms with van der Waals surface area (Å²) < 4.78 is 5.32. The molecule has 19 heavy (non-hydrogen) atoms. The van der Waals surface area contributed by atoms with E-state index < -0.39 is 0 Å². The maximum absolute atomic E-state index is 11.6. The van der Waals surface area contributed by atoms with Crippen LogP contribution in [0.25, 0.3) is 0 Å². The third-order valence-corrected chi connectivity index (χ3v) is 3.41. The molecule has 4 heteroatoms. The molecule has 104 valence electrons. The molecule has 1 saturated heterocycles. The van der Waals surface area contributed by atoms with E-state index in [0.29, 0.717) is 12.5 Å². The van der Waals surface area contributed by atoms with E-state index in [1.165, 1.54) is 5.56 Å². The average molecular weight is 262 g/mol. The molecule has 2 amide bonds. The Hall–Kier alpha value is -1.55. The number of urea groups is 1. The van der Waals surface area contributed by atoms with Crippen LogP contribution in [0.4, 0.5) is 10.5 Å². The molecule has 2 rings (SSSR count). The average Bonchev–Trinajstić information content (AvgIpc) is 2.91. The van der Waals surface area contributed by atoms with Gasteiger partial charge >= 0.3 is 6.03 Å². The number of carbonyl (C=O) groups is 1. The molecule has 1 aromatic rings. The van der Waals surface area contributed by atoms with Crippen LogP contribution in [0.15, 0.2) is 24.3 Å². The summed E-state index contributed by atoms with van der Waals surface area (Å²) in [6, 6.07) is 7.65. The topological polar surface area (TPSA) is 50.4 Å². The number of nitrogens with one attached hydrogen (secondary N) is 2. The third-order valence-electron chi connectivity index (χ3n) is 3.41. The van der Waals surface area contributed by atoms with Crippen LogP contribution in [-0.4, -0.2) is 25.8 Å². The summed E-state index contributed by atoms with van der Waals surface area (Å²) in [6.07, 6.45) is 3.30. The van der Waals surface area contributed by atoms with E-state index in [-0.39, 0.29) is 6.03 Å². The predicted molar refractivity (Wildman–Crippen MR) is 76.4 cm³/mol. The molecule has 1 aromatic carbocycles. The van der Waals surface area contributed by atoms with Crippen molar-refractivity contribution in [3.8, 4) is 0 Å². The van der Waals surface area contributed by atoms with Crippen molar-refractivity contribution in [1.29, 1.82) is 0 Å². The molecule has 0 saturated carbocycles.